The number of rotatable bonds is 5. The van der Waals surface area contributed by atoms with E-state index in [0.29, 0.717) is 10.6 Å². The van der Waals surface area contributed by atoms with Crippen LogP contribution in [0.1, 0.15) is 5.56 Å². The van der Waals surface area contributed by atoms with Crippen molar-refractivity contribution >= 4 is 39.5 Å². The van der Waals surface area contributed by atoms with Crippen LogP contribution in [0.3, 0.4) is 0 Å². The van der Waals surface area contributed by atoms with E-state index in [-0.39, 0.29) is 15.7 Å². The third-order valence-corrected chi connectivity index (χ3v) is 4.42. The first-order valence-corrected chi connectivity index (χ1v) is 8.66. The van der Waals surface area contributed by atoms with Crippen molar-refractivity contribution in [1.29, 1.82) is 0 Å². The van der Waals surface area contributed by atoms with E-state index in [0.717, 1.165) is 0 Å². The van der Waals surface area contributed by atoms with Gasteiger partial charge in [-0.1, -0.05) is 41.4 Å². The average molecular weight is 373 g/mol. The summed E-state index contributed by atoms with van der Waals surface area (Å²) in [6.07, 6.45) is 1.42. The smallest absolute Gasteiger partial charge is 0.339 e. The second kappa shape index (κ2) is 7.21. The minimum Gasteiger partial charge on any atom is -0.377 e. The van der Waals surface area contributed by atoms with E-state index in [1.807, 2.05) is 0 Å². The quantitative estimate of drug-likeness (QED) is 0.456. The number of benzene rings is 2. The number of hydrazone groups is 1. The molecule has 122 valence electrons. The maximum absolute atomic E-state index is 12.4. The van der Waals surface area contributed by atoms with Crippen LogP contribution in [-0.2, 0) is 10.1 Å². The minimum atomic E-state index is -4.01. The van der Waals surface area contributed by atoms with Crippen molar-refractivity contribution in [3.8, 4) is 5.75 Å². The van der Waals surface area contributed by atoms with E-state index in [1.165, 1.54) is 30.5 Å². The highest BCUT2D eigenvalue weighted by molar-refractivity contribution is 7.87. The summed E-state index contributed by atoms with van der Waals surface area (Å²) < 4.78 is 29.9. The third kappa shape index (κ3) is 4.60. The summed E-state index contributed by atoms with van der Waals surface area (Å²) >= 11 is 12.1. The number of hydrogen-bond donors (Lipinski definition) is 0. The minimum absolute atomic E-state index is 0.0227. The van der Waals surface area contributed by atoms with Gasteiger partial charge in [-0.3, -0.25) is 0 Å². The molecular formula is C15H14Cl2N2O3S. The highest BCUT2D eigenvalue weighted by Gasteiger charge is 2.20. The molecule has 0 aliphatic heterocycles. The lowest BCUT2D eigenvalue weighted by Gasteiger charge is -2.12. The SMILES string of the molecule is CN(C)/N=C/c1cc(Cl)cc(Cl)c1OS(=O)(=O)c1ccccc1. The number of halogens is 2. The fourth-order valence-electron chi connectivity index (χ4n) is 1.69. The first kappa shape index (κ1) is 17.6. The van der Waals surface area contributed by atoms with E-state index < -0.39 is 10.1 Å². The van der Waals surface area contributed by atoms with Gasteiger partial charge in [0.25, 0.3) is 0 Å². The molecule has 0 saturated heterocycles. The Hall–Kier alpha value is -1.76. The molecule has 0 aliphatic rings. The highest BCUT2D eigenvalue weighted by atomic mass is 35.5. The monoisotopic (exact) mass is 372 g/mol. The molecular weight excluding hydrogens is 359 g/mol. The second-order valence-electron chi connectivity index (χ2n) is 4.75. The molecule has 2 aromatic carbocycles. The van der Waals surface area contributed by atoms with Crippen LogP contribution in [-0.4, -0.2) is 33.7 Å². The largest absolute Gasteiger partial charge is 0.377 e. The summed E-state index contributed by atoms with van der Waals surface area (Å²) in [6, 6.07) is 10.7. The van der Waals surface area contributed by atoms with Gasteiger partial charge in [0.1, 0.15) is 4.90 Å². The highest BCUT2D eigenvalue weighted by Crippen LogP contribution is 2.33. The summed E-state index contributed by atoms with van der Waals surface area (Å²) in [6.45, 7) is 0. The third-order valence-electron chi connectivity index (χ3n) is 2.69. The molecule has 8 heteroatoms. The number of nitrogens with zero attached hydrogens (tertiary/aromatic N) is 2. The van der Waals surface area contributed by atoms with Gasteiger partial charge in [0, 0.05) is 24.7 Å². The van der Waals surface area contributed by atoms with Crippen LogP contribution in [0.5, 0.6) is 5.75 Å². The van der Waals surface area contributed by atoms with Crippen LogP contribution in [0.25, 0.3) is 0 Å². The Kier molecular flexibility index (Phi) is 5.51. The molecule has 2 aromatic rings. The van der Waals surface area contributed by atoms with Crippen LogP contribution in [0, 0.1) is 0 Å². The van der Waals surface area contributed by atoms with Gasteiger partial charge in [-0.05, 0) is 24.3 Å². The van der Waals surface area contributed by atoms with Crippen molar-refractivity contribution in [2.75, 3.05) is 14.1 Å². The molecule has 0 N–H and O–H groups in total. The van der Waals surface area contributed by atoms with Gasteiger partial charge in [-0.25, -0.2) is 0 Å². The maximum Gasteiger partial charge on any atom is 0.339 e. The molecule has 0 heterocycles. The van der Waals surface area contributed by atoms with Gasteiger partial charge < -0.3 is 9.19 Å². The normalized spacial score (nSPS) is 11.7. The van der Waals surface area contributed by atoms with Crippen molar-refractivity contribution < 1.29 is 12.6 Å². The van der Waals surface area contributed by atoms with Gasteiger partial charge in [0.15, 0.2) is 5.75 Å². The molecule has 0 fully saturated rings. The van der Waals surface area contributed by atoms with Crippen LogP contribution < -0.4 is 4.18 Å². The molecule has 0 saturated carbocycles. The molecule has 0 aliphatic carbocycles. The van der Waals surface area contributed by atoms with Crippen molar-refractivity contribution in [1.82, 2.24) is 5.01 Å². The maximum atomic E-state index is 12.4. The Morgan fingerprint density at radius 1 is 1.13 bits per heavy atom. The fourth-order valence-corrected chi connectivity index (χ4v) is 3.27. The molecule has 0 bridgehead atoms. The molecule has 23 heavy (non-hydrogen) atoms. The van der Waals surface area contributed by atoms with Crippen LogP contribution in [0.2, 0.25) is 10.0 Å². The number of hydrogen-bond acceptors (Lipinski definition) is 5. The Morgan fingerprint density at radius 3 is 2.39 bits per heavy atom. The van der Waals surface area contributed by atoms with E-state index in [1.54, 1.807) is 37.3 Å². The van der Waals surface area contributed by atoms with Crippen molar-refractivity contribution in [2.45, 2.75) is 4.90 Å². The molecule has 0 radical (unpaired) electrons. The van der Waals surface area contributed by atoms with Crippen molar-refractivity contribution in [3.05, 3.63) is 58.1 Å². The average Bonchev–Trinajstić information content (AvgIpc) is 2.49. The van der Waals surface area contributed by atoms with Gasteiger partial charge in [-0.2, -0.15) is 13.5 Å². The molecule has 0 aromatic heterocycles. The predicted molar refractivity (Wildman–Crippen MR) is 92.0 cm³/mol. The zero-order valence-electron chi connectivity index (χ0n) is 12.4. The standard InChI is InChI=1S/C15H14Cl2N2O3S/c1-19(2)18-10-11-8-12(16)9-14(17)15(11)22-23(20,21)13-6-4-3-5-7-13/h3-10H,1-2H3/b18-10+. The summed E-state index contributed by atoms with van der Waals surface area (Å²) in [5, 5.41) is 6.03. The molecule has 2 rings (SSSR count). The Morgan fingerprint density at radius 2 is 1.78 bits per heavy atom. The van der Waals surface area contributed by atoms with Crippen LogP contribution >= 0.6 is 23.2 Å². The molecule has 0 spiro atoms. The summed E-state index contributed by atoms with van der Waals surface area (Å²) in [4.78, 5) is 0.0292. The molecule has 0 amide bonds. The Bertz CT molecular complexity index is 822. The summed E-state index contributed by atoms with van der Waals surface area (Å²) in [5.74, 6) is -0.0227. The zero-order valence-corrected chi connectivity index (χ0v) is 14.7. The van der Waals surface area contributed by atoms with E-state index in [4.69, 9.17) is 27.4 Å². The molecule has 5 nitrogen and oxygen atoms in total. The first-order valence-electron chi connectivity index (χ1n) is 6.49. The lowest BCUT2D eigenvalue weighted by Crippen LogP contribution is -2.11. The summed E-state index contributed by atoms with van der Waals surface area (Å²) in [7, 11) is -0.560. The van der Waals surface area contributed by atoms with Gasteiger partial charge in [-0.15, -0.1) is 0 Å². The first-order chi connectivity index (χ1) is 10.8. The predicted octanol–water partition coefficient (Wildman–Crippen LogP) is 3.66. The lowest BCUT2D eigenvalue weighted by molar-refractivity contribution is 0.440. The van der Waals surface area contributed by atoms with Crippen LogP contribution in [0.15, 0.2) is 52.5 Å². The fraction of sp³-hybridized carbons (Fsp3) is 0.133. The topological polar surface area (TPSA) is 59.0 Å². The van der Waals surface area contributed by atoms with E-state index in [2.05, 4.69) is 5.10 Å². The molecule has 0 unspecified atom stereocenters. The lowest BCUT2D eigenvalue weighted by atomic mass is 10.2. The zero-order chi connectivity index (χ0) is 17.0. The van der Waals surface area contributed by atoms with E-state index in [9.17, 15) is 8.42 Å². The van der Waals surface area contributed by atoms with Gasteiger partial charge in [0.05, 0.1) is 11.2 Å². The van der Waals surface area contributed by atoms with Crippen LogP contribution in [0.4, 0.5) is 0 Å². The summed E-state index contributed by atoms with van der Waals surface area (Å²) in [5.41, 5.74) is 0.357. The second-order valence-corrected chi connectivity index (χ2v) is 7.14. The Balaban J connectivity index is 2.47. The van der Waals surface area contributed by atoms with Gasteiger partial charge in [0.2, 0.25) is 0 Å². The molecule has 0 atom stereocenters. The van der Waals surface area contributed by atoms with Gasteiger partial charge >= 0.3 is 10.1 Å². The van der Waals surface area contributed by atoms with Crippen molar-refractivity contribution in [3.63, 3.8) is 0 Å². The van der Waals surface area contributed by atoms with E-state index >= 15 is 0 Å². The Labute approximate surface area is 145 Å². The van der Waals surface area contributed by atoms with Crippen molar-refractivity contribution in [2.24, 2.45) is 5.10 Å².